The molecule has 0 aromatic heterocycles. The van der Waals surface area contributed by atoms with Crippen molar-refractivity contribution in [2.24, 2.45) is 0 Å². The number of carbonyl (C=O) groups is 1. The van der Waals surface area contributed by atoms with Crippen molar-refractivity contribution in [1.29, 1.82) is 0 Å². The molecule has 6 nitrogen and oxygen atoms in total. The highest BCUT2D eigenvalue weighted by molar-refractivity contribution is 5.73. The zero-order valence-electron chi connectivity index (χ0n) is 14.5. The van der Waals surface area contributed by atoms with E-state index >= 15 is 0 Å². The van der Waals surface area contributed by atoms with Crippen LogP contribution in [0.5, 0.6) is 0 Å². The predicted molar refractivity (Wildman–Crippen MR) is 95.4 cm³/mol. The van der Waals surface area contributed by atoms with E-state index < -0.39 is 0 Å². The van der Waals surface area contributed by atoms with Crippen molar-refractivity contribution in [1.82, 2.24) is 15.5 Å². The number of piperazine rings is 1. The van der Waals surface area contributed by atoms with Crippen molar-refractivity contribution in [2.75, 3.05) is 57.3 Å². The Hall–Kier alpha value is -1.86. The van der Waals surface area contributed by atoms with Crippen LogP contribution in [0.3, 0.4) is 0 Å². The van der Waals surface area contributed by atoms with Gasteiger partial charge in [0.05, 0.1) is 11.8 Å². The molecular weight excluding hydrogens is 323 g/mol. The van der Waals surface area contributed by atoms with Crippen molar-refractivity contribution in [3.63, 3.8) is 0 Å². The third-order valence-electron chi connectivity index (χ3n) is 4.79. The number of nitrogens with one attached hydrogen (secondary N) is 2. The number of nitrogens with zero attached hydrogens (tertiary/aromatic N) is 2. The monoisotopic (exact) mass is 350 g/mol. The molecule has 2 heterocycles. The van der Waals surface area contributed by atoms with Gasteiger partial charge in [-0.25, -0.2) is 9.18 Å². The molecule has 0 bridgehead atoms. The number of hydrogen-bond acceptors (Lipinski definition) is 4. The fourth-order valence-corrected chi connectivity index (χ4v) is 3.32. The molecule has 2 aliphatic rings. The molecule has 0 radical (unpaired) electrons. The summed E-state index contributed by atoms with van der Waals surface area (Å²) in [5.41, 5.74) is 0.675. The molecular formula is C18H27FN4O2. The number of para-hydroxylation sites is 1. The number of benzene rings is 1. The van der Waals surface area contributed by atoms with Gasteiger partial charge in [0.2, 0.25) is 0 Å². The Balaban J connectivity index is 1.30. The minimum atomic E-state index is -0.166. The fourth-order valence-electron chi connectivity index (χ4n) is 3.32. The van der Waals surface area contributed by atoms with Crippen LogP contribution in [0.2, 0.25) is 0 Å². The number of carbonyl (C=O) groups excluding carboxylic acids is 1. The summed E-state index contributed by atoms with van der Waals surface area (Å²) < 4.78 is 19.3. The molecule has 0 aliphatic carbocycles. The number of ether oxygens (including phenoxy) is 1. The Bertz CT molecular complexity index is 558. The number of hydrogen-bond donors (Lipinski definition) is 2. The van der Waals surface area contributed by atoms with E-state index in [4.69, 9.17) is 4.74 Å². The van der Waals surface area contributed by atoms with Crippen LogP contribution in [0, 0.1) is 5.82 Å². The highest BCUT2D eigenvalue weighted by atomic mass is 19.1. The topological polar surface area (TPSA) is 56.8 Å². The molecule has 0 spiro atoms. The maximum Gasteiger partial charge on any atom is 0.314 e. The average molecular weight is 350 g/mol. The van der Waals surface area contributed by atoms with E-state index in [1.54, 1.807) is 6.07 Å². The summed E-state index contributed by atoms with van der Waals surface area (Å²) in [6, 6.07) is 6.76. The largest absolute Gasteiger partial charge is 0.376 e. The molecule has 7 heteroatoms. The van der Waals surface area contributed by atoms with Crippen LogP contribution in [0.25, 0.3) is 0 Å². The van der Waals surface area contributed by atoms with Crippen molar-refractivity contribution >= 4 is 11.7 Å². The lowest BCUT2D eigenvalue weighted by Crippen LogP contribution is -2.49. The maximum absolute atomic E-state index is 13.8. The standard InChI is InChI=1S/C18H27FN4O2/c19-16-5-1-2-6-17(16)23-11-9-22(10-12-23)8-7-20-18(24)21-14-15-4-3-13-25-15/h1-2,5-6,15H,3-4,7-14H2,(H2,20,21,24). The summed E-state index contributed by atoms with van der Waals surface area (Å²) in [6.07, 6.45) is 2.26. The average Bonchev–Trinajstić information content (AvgIpc) is 3.15. The van der Waals surface area contributed by atoms with Gasteiger partial charge < -0.3 is 20.3 Å². The molecule has 3 rings (SSSR count). The van der Waals surface area contributed by atoms with Crippen LogP contribution in [0.1, 0.15) is 12.8 Å². The van der Waals surface area contributed by atoms with E-state index in [9.17, 15) is 9.18 Å². The van der Waals surface area contributed by atoms with Crippen molar-refractivity contribution < 1.29 is 13.9 Å². The van der Waals surface area contributed by atoms with Gasteiger partial charge in [-0.2, -0.15) is 0 Å². The second-order valence-electron chi connectivity index (χ2n) is 6.55. The summed E-state index contributed by atoms with van der Waals surface area (Å²) >= 11 is 0. The van der Waals surface area contributed by atoms with E-state index in [0.29, 0.717) is 18.8 Å². The van der Waals surface area contributed by atoms with Crippen LogP contribution in [0.15, 0.2) is 24.3 Å². The predicted octanol–water partition coefficient (Wildman–Crippen LogP) is 1.43. The quantitative estimate of drug-likeness (QED) is 0.815. The smallest absolute Gasteiger partial charge is 0.314 e. The highest BCUT2D eigenvalue weighted by Gasteiger charge is 2.19. The third-order valence-corrected chi connectivity index (χ3v) is 4.79. The Labute approximate surface area is 148 Å². The van der Waals surface area contributed by atoms with Crippen molar-refractivity contribution in [3.8, 4) is 0 Å². The molecule has 0 saturated carbocycles. The van der Waals surface area contributed by atoms with Crippen LogP contribution >= 0.6 is 0 Å². The minimum absolute atomic E-state index is 0.138. The van der Waals surface area contributed by atoms with E-state index in [-0.39, 0.29) is 18.0 Å². The zero-order chi connectivity index (χ0) is 17.5. The molecule has 2 N–H and O–H groups in total. The molecule has 2 saturated heterocycles. The molecule has 1 aromatic carbocycles. The van der Waals surface area contributed by atoms with Crippen molar-refractivity contribution in [3.05, 3.63) is 30.1 Å². The summed E-state index contributed by atoms with van der Waals surface area (Å²) in [5, 5.41) is 5.74. The molecule has 138 valence electrons. The third kappa shape index (κ3) is 5.31. The first kappa shape index (κ1) is 17.9. The van der Waals surface area contributed by atoms with Crippen LogP contribution in [-0.2, 0) is 4.74 Å². The van der Waals surface area contributed by atoms with Crippen LogP contribution < -0.4 is 15.5 Å². The first-order valence-electron chi connectivity index (χ1n) is 9.07. The van der Waals surface area contributed by atoms with Gasteiger partial charge >= 0.3 is 6.03 Å². The fraction of sp³-hybridized carbons (Fsp3) is 0.611. The number of amides is 2. The lowest BCUT2D eigenvalue weighted by Gasteiger charge is -2.36. The number of anilines is 1. The minimum Gasteiger partial charge on any atom is -0.376 e. The Morgan fingerprint density at radius 1 is 1.20 bits per heavy atom. The molecule has 1 aromatic rings. The van der Waals surface area contributed by atoms with Gasteiger partial charge in [-0.3, -0.25) is 4.90 Å². The van der Waals surface area contributed by atoms with Gasteiger partial charge in [-0.05, 0) is 25.0 Å². The van der Waals surface area contributed by atoms with E-state index in [1.807, 2.05) is 12.1 Å². The SMILES string of the molecule is O=C(NCCN1CCN(c2ccccc2F)CC1)NCC1CCCO1. The molecule has 2 amide bonds. The van der Waals surface area contributed by atoms with Crippen LogP contribution in [0.4, 0.5) is 14.9 Å². The van der Waals surface area contributed by atoms with Gasteiger partial charge in [0, 0.05) is 52.4 Å². The second-order valence-corrected chi connectivity index (χ2v) is 6.55. The summed E-state index contributed by atoms with van der Waals surface area (Å²) in [7, 11) is 0. The lowest BCUT2D eigenvalue weighted by atomic mass is 10.2. The molecule has 1 atom stereocenters. The first-order chi connectivity index (χ1) is 12.2. The maximum atomic E-state index is 13.8. The Morgan fingerprint density at radius 3 is 2.72 bits per heavy atom. The van der Waals surface area contributed by atoms with Crippen molar-refractivity contribution in [2.45, 2.75) is 18.9 Å². The summed E-state index contributed by atoms with van der Waals surface area (Å²) in [5.74, 6) is -0.166. The van der Waals surface area contributed by atoms with Gasteiger partial charge in [0.15, 0.2) is 0 Å². The summed E-state index contributed by atoms with van der Waals surface area (Å²) in [4.78, 5) is 16.1. The van der Waals surface area contributed by atoms with E-state index in [1.165, 1.54) is 6.07 Å². The lowest BCUT2D eigenvalue weighted by molar-refractivity contribution is 0.111. The number of urea groups is 1. The van der Waals surface area contributed by atoms with Gasteiger partial charge in [0.25, 0.3) is 0 Å². The first-order valence-corrected chi connectivity index (χ1v) is 9.07. The highest BCUT2D eigenvalue weighted by Crippen LogP contribution is 2.19. The molecule has 1 unspecified atom stereocenters. The Morgan fingerprint density at radius 2 is 2.00 bits per heavy atom. The van der Waals surface area contributed by atoms with E-state index in [0.717, 1.165) is 52.2 Å². The summed E-state index contributed by atoms with van der Waals surface area (Å²) in [6.45, 7) is 6.12. The second kappa shape index (κ2) is 9.01. The van der Waals surface area contributed by atoms with Crippen LogP contribution in [-0.4, -0.2) is 69.5 Å². The Kier molecular flexibility index (Phi) is 6.47. The molecule has 2 aliphatic heterocycles. The zero-order valence-corrected chi connectivity index (χ0v) is 14.5. The molecule has 25 heavy (non-hydrogen) atoms. The number of halogens is 1. The van der Waals surface area contributed by atoms with Gasteiger partial charge in [-0.1, -0.05) is 12.1 Å². The molecule has 2 fully saturated rings. The number of rotatable bonds is 6. The normalized spacial score (nSPS) is 21.3. The van der Waals surface area contributed by atoms with Gasteiger partial charge in [-0.15, -0.1) is 0 Å². The van der Waals surface area contributed by atoms with Gasteiger partial charge in [0.1, 0.15) is 5.82 Å². The van der Waals surface area contributed by atoms with E-state index in [2.05, 4.69) is 20.4 Å².